The monoisotopic (exact) mass is 438 g/mol. The number of fused-ring (bicyclic) bond motifs is 3. The molecule has 1 aromatic carbocycles. The van der Waals surface area contributed by atoms with Crippen molar-refractivity contribution in [2.75, 3.05) is 33.0 Å². The molecular weight excluding hydrogens is 407 g/mol. The number of nitrogens with zero attached hydrogens (tertiary/aromatic N) is 1. The SMILES string of the molecule is CN(C)C(=O)C12CCC(CS(=O)(=O)c3ccc(OCC(=CF)CN)cc3)(CC1)CC2. The van der Waals surface area contributed by atoms with Crippen LogP contribution in [0.2, 0.25) is 0 Å². The van der Waals surface area contributed by atoms with E-state index in [2.05, 4.69) is 0 Å². The number of hydrogen-bond donors (Lipinski definition) is 1. The Balaban J connectivity index is 1.65. The second-order valence-electron chi connectivity index (χ2n) is 8.97. The van der Waals surface area contributed by atoms with E-state index in [1.165, 1.54) is 12.1 Å². The number of carbonyl (C=O) groups excluding carboxylic acids is 1. The summed E-state index contributed by atoms with van der Waals surface area (Å²) in [5, 5.41) is 0. The predicted octanol–water partition coefficient (Wildman–Crippen LogP) is 3.08. The standard InChI is InChI=1S/C22H31FN2O4S/c1-25(2)20(26)22-10-7-21(8-11-22,9-12-22)16-30(27,28)19-5-3-18(4-6-19)29-15-17(13-23)14-24/h3-6,13H,7-12,14-16,24H2,1-2H3. The van der Waals surface area contributed by atoms with Gasteiger partial charge in [-0.25, -0.2) is 12.8 Å². The Morgan fingerprint density at radius 3 is 2.17 bits per heavy atom. The maximum Gasteiger partial charge on any atom is 0.228 e. The first-order valence-electron chi connectivity index (χ1n) is 10.3. The Labute approximate surface area is 178 Å². The van der Waals surface area contributed by atoms with E-state index in [1.54, 1.807) is 31.1 Å². The summed E-state index contributed by atoms with van der Waals surface area (Å²) in [6.45, 7) is 0.0854. The number of ether oxygens (including phenoxy) is 1. The van der Waals surface area contributed by atoms with Crippen molar-refractivity contribution < 1.29 is 22.3 Å². The van der Waals surface area contributed by atoms with Crippen LogP contribution in [0.3, 0.4) is 0 Å². The molecule has 166 valence electrons. The van der Waals surface area contributed by atoms with Crippen LogP contribution in [0.4, 0.5) is 4.39 Å². The quantitative estimate of drug-likeness (QED) is 0.674. The van der Waals surface area contributed by atoms with E-state index in [9.17, 15) is 17.6 Å². The van der Waals surface area contributed by atoms with Crippen molar-refractivity contribution in [3.05, 3.63) is 36.2 Å². The van der Waals surface area contributed by atoms with Crippen LogP contribution in [-0.4, -0.2) is 52.2 Å². The van der Waals surface area contributed by atoms with Gasteiger partial charge < -0.3 is 15.4 Å². The summed E-state index contributed by atoms with van der Waals surface area (Å²) < 4.78 is 44.2. The van der Waals surface area contributed by atoms with E-state index < -0.39 is 9.84 Å². The van der Waals surface area contributed by atoms with Crippen molar-refractivity contribution in [3.63, 3.8) is 0 Å². The summed E-state index contributed by atoms with van der Waals surface area (Å²) in [5.41, 5.74) is 5.17. The molecule has 3 fully saturated rings. The van der Waals surface area contributed by atoms with Crippen LogP contribution in [-0.2, 0) is 14.6 Å². The molecule has 3 saturated carbocycles. The molecule has 0 saturated heterocycles. The Kier molecular flexibility index (Phi) is 6.57. The zero-order valence-electron chi connectivity index (χ0n) is 17.7. The third-order valence-electron chi connectivity index (χ3n) is 6.78. The highest BCUT2D eigenvalue weighted by Gasteiger charge is 2.53. The predicted molar refractivity (Wildman–Crippen MR) is 113 cm³/mol. The molecular formula is C22H31FN2O4S. The van der Waals surface area contributed by atoms with Gasteiger partial charge in [0.15, 0.2) is 9.84 Å². The lowest BCUT2D eigenvalue weighted by atomic mass is 9.54. The number of amides is 1. The molecule has 0 radical (unpaired) electrons. The summed E-state index contributed by atoms with van der Waals surface area (Å²) in [7, 11) is 0.114. The molecule has 3 aliphatic carbocycles. The van der Waals surface area contributed by atoms with Gasteiger partial charge in [-0.15, -0.1) is 0 Å². The summed E-state index contributed by atoms with van der Waals surface area (Å²) in [5.74, 6) is 0.741. The number of nitrogens with two attached hydrogens (primary N) is 1. The lowest BCUT2D eigenvalue weighted by Crippen LogP contribution is -2.51. The highest BCUT2D eigenvalue weighted by Crippen LogP contribution is 2.58. The van der Waals surface area contributed by atoms with E-state index in [-0.39, 0.29) is 40.5 Å². The van der Waals surface area contributed by atoms with Gasteiger partial charge >= 0.3 is 0 Å². The van der Waals surface area contributed by atoms with Crippen LogP contribution in [0.15, 0.2) is 41.1 Å². The Hall–Kier alpha value is -1.93. The number of sulfone groups is 1. The topological polar surface area (TPSA) is 89.7 Å². The van der Waals surface area contributed by atoms with Gasteiger partial charge in [-0.2, -0.15) is 0 Å². The van der Waals surface area contributed by atoms with E-state index in [4.69, 9.17) is 10.5 Å². The fourth-order valence-corrected chi connectivity index (χ4v) is 6.77. The molecule has 0 heterocycles. The number of halogens is 1. The normalized spacial score (nSPS) is 26.5. The maximum absolute atomic E-state index is 13.1. The number of rotatable bonds is 8. The summed E-state index contributed by atoms with van der Waals surface area (Å²) in [4.78, 5) is 14.5. The first kappa shape index (κ1) is 22.7. The maximum atomic E-state index is 13.1. The van der Waals surface area contributed by atoms with E-state index in [1.807, 2.05) is 0 Å². The third kappa shape index (κ3) is 4.54. The highest BCUT2D eigenvalue weighted by atomic mass is 32.2. The van der Waals surface area contributed by atoms with Gasteiger partial charge in [0.2, 0.25) is 5.91 Å². The van der Waals surface area contributed by atoms with Gasteiger partial charge in [0.05, 0.1) is 17.0 Å². The molecule has 4 rings (SSSR count). The second-order valence-corrected chi connectivity index (χ2v) is 11.0. The van der Waals surface area contributed by atoms with Crippen molar-refractivity contribution in [2.24, 2.45) is 16.6 Å². The molecule has 1 amide bonds. The Morgan fingerprint density at radius 1 is 1.13 bits per heavy atom. The molecule has 0 aliphatic heterocycles. The Bertz CT molecular complexity index is 885. The van der Waals surface area contributed by atoms with Gasteiger partial charge in [0.1, 0.15) is 12.4 Å². The number of hydrogen-bond acceptors (Lipinski definition) is 5. The van der Waals surface area contributed by atoms with Gasteiger partial charge in [-0.05, 0) is 68.2 Å². The Morgan fingerprint density at radius 2 is 1.70 bits per heavy atom. The molecule has 0 aromatic heterocycles. The molecule has 2 N–H and O–H groups in total. The second kappa shape index (κ2) is 8.67. The summed E-state index contributed by atoms with van der Waals surface area (Å²) >= 11 is 0. The van der Waals surface area contributed by atoms with Crippen LogP contribution in [0.25, 0.3) is 0 Å². The van der Waals surface area contributed by atoms with E-state index in [0.29, 0.717) is 17.7 Å². The summed E-state index contributed by atoms with van der Waals surface area (Å²) in [6, 6.07) is 6.24. The minimum atomic E-state index is -3.46. The van der Waals surface area contributed by atoms with Crippen LogP contribution in [0.5, 0.6) is 5.75 Å². The highest BCUT2D eigenvalue weighted by molar-refractivity contribution is 7.91. The van der Waals surface area contributed by atoms with Crippen molar-refractivity contribution in [1.82, 2.24) is 4.90 Å². The first-order chi connectivity index (χ1) is 14.2. The molecule has 0 unspecified atom stereocenters. The van der Waals surface area contributed by atoms with Crippen molar-refractivity contribution in [3.8, 4) is 5.75 Å². The van der Waals surface area contributed by atoms with Crippen molar-refractivity contribution in [2.45, 2.75) is 43.4 Å². The minimum Gasteiger partial charge on any atom is -0.489 e. The largest absolute Gasteiger partial charge is 0.489 e. The van der Waals surface area contributed by atoms with Crippen molar-refractivity contribution >= 4 is 15.7 Å². The van der Waals surface area contributed by atoms with Crippen LogP contribution in [0, 0.1) is 10.8 Å². The molecule has 0 atom stereocenters. The number of carbonyl (C=O) groups is 1. The van der Waals surface area contributed by atoms with Gasteiger partial charge in [0, 0.05) is 31.6 Å². The minimum absolute atomic E-state index is 0.0234. The van der Waals surface area contributed by atoms with Crippen LogP contribution < -0.4 is 10.5 Å². The number of benzene rings is 1. The van der Waals surface area contributed by atoms with Crippen LogP contribution >= 0.6 is 0 Å². The molecule has 3 aliphatic rings. The zero-order valence-corrected chi connectivity index (χ0v) is 18.5. The third-order valence-corrected chi connectivity index (χ3v) is 8.76. The zero-order chi connectivity index (χ0) is 22.0. The molecule has 30 heavy (non-hydrogen) atoms. The van der Waals surface area contributed by atoms with Gasteiger partial charge in [0.25, 0.3) is 0 Å². The van der Waals surface area contributed by atoms with Gasteiger partial charge in [-0.1, -0.05) is 0 Å². The van der Waals surface area contributed by atoms with Crippen molar-refractivity contribution in [1.29, 1.82) is 0 Å². The van der Waals surface area contributed by atoms with Gasteiger partial charge in [-0.3, -0.25) is 4.79 Å². The molecule has 8 heteroatoms. The molecule has 6 nitrogen and oxygen atoms in total. The molecule has 0 spiro atoms. The fourth-order valence-electron chi connectivity index (χ4n) is 4.82. The fraction of sp³-hybridized carbons (Fsp3) is 0.591. The molecule has 2 bridgehead atoms. The van der Waals surface area contributed by atoms with Crippen LogP contribution in [0.1, 0.15) is 38.5 Å². The smallest absolute Gasteiger partial charge is 0.228 e. The molecule has 1 aromatic rings. The lowest BCUT2D eigenvalue weighted by Gasteiger charge is -2.53. The average Bonchev–Trinajstić information content (AvgIpc) is 2.75. The van der Waals surface area contributed by atoms with E-state index in [0.717, 1.165) is 38.5 Å². The first-order valence-corrected chi connectivity index (χ1v) is 12.0. The lowest BCUT2D eigenvalue weighted by molar-refractivity contribution is -0.148. The average molecular weight is 439 g/mol. The summed E-state index contributed by atoms with van der Waals surface area (Å²) in [6.07, 6.45) is 5.01. The van der Waals surface area contributed by atoms with E-state index >= 15 is 0 Å².